The van der Waals surface area contributed by atoms with E-state index in [2.05, 4.69) is 31.3 Å². The number of unbranched alkanes of at least 4 members (excludes halogenated alkanes) is 22. The van der Waals surface area contributed by atoms with Crippen LogP contribution in [0.1, 0.15) is 181 Å². The molecule has 0 aliphatic carbocycles. The number of allylic oxidation sites excluding steroid dienone is 3. The smallest absolute Gasteiger partial charge is 0.249 e. The van der Waals surface area contributed by atoms with Gasteiger partial charge in [0.2, 0.25) is 5.91 Å². The molecule has 0 rings (SSSR count). The molecular weight excluding hydrogens is 522 g/mol. The number of hydrogen-bond acceptors (Lipinski definition) is 4. The second-order valence-corrected chi connectivity index (χ2v) is 12.4. The molecule has 3 atom stereocenters. The molecular formula is C37H71NO4. The van der Waals surface area contributed by atoms with Crippen molar-refractivity contribution in [3.8, 4) is 0 Å². The van der Waals surface area contributed by atoms with Gasteiger partial charge in [0.15, 0.2) is 0 Å². The fraction of sp³-hybridized carbons (Fsp3) is 0.865. The summed E-state index contributed by atoms with van der Waals surface area (Å²) in [6.45, 7) is 4.13. The Kier molecular flexibility index (Phi) is 31.8. The third-order valence-corrected chi connectivity index (χ3v) is 8.29. The quantitative estimate of drug-likeness (QED) is 0.0462. The fourth-order valence-corrected chi connectivity index (χ4v) is 5.35. The van der Waals surface area contributed by atoms with Crippen molar-refractivity contribution in [1.29, 1.82) is 0 Å². The van der Waals surface area contributed by atoms with Crippen LogP contribution in [0.2, 0.25) is 0 Å². The zero-order valence-electron chi connectivity index (χ0n) is 27.9. The lowest BCUT2D eigenvalue weighted by atomic mass is 10.0. The summed E-state index contributed by atoms with van der Waals surface area (Å²) in [5.74, 6) is -0.515. The number of rotatable bonds is 32. The minimum Gasteiger partial charge on any atom is -0.394 e. The molecule has 0 fully saturated rings. The van der Waals surface area contributed by atoms with E-state index in [4.69, 9.17) is 0 Å². The number of nitrogens with one attached hydrogen (secondary N) is 1. The molecule has 248 valence electrons. The van der Waals surface area contributed by atoms with Gasteiger partial charge in [-0.3, -0.25) is 4.79 Å². The number of aliphatic hydroxyl groups is 3. The second kappa shape index (κ2) is 32.7. The van der Waals surface area contributed by atoms with Gasteiger partial charge in [-0.1, -0.05) is 160 Å². The van der Waals surface area contributed by atoms with E-state index in [0.717, 1.165) is 44.9 Å². The first-order valence-corrected chi connectivity index (χ1v) is 18.2. The van der Waals surface area contributed by atoms with Gasteiger partial charge in [0, 0.05) is 0 Å². The largest absolute Gasteiger partial charge is 0.394 e. The Balaban J connectivity index is 3.75. The lowest BCUT2D eigenvalue weighted by Crippen LogP contribution is -2.48. The average molecular weight is 594 g/mol. The first kappa shape index (κ1) is 40.8. The van der Waals surface area contributed by atoms with Gasteiger partial charge in [0.05, 0.1) is 18.8 Å². The molecule has 0 heterocycles. The highest BCUT2D eigenvalue weighted by Gasteiger charge is 2.22. The first-order valence-electron chi connectivity index (χ1n) is 18.2. The Bertz CT molecular complexity index is 621. The number of carbonyl (C=O) groups excluding carboxylic acids is 1. The summed E-state index contributed by atoms with van der Waals surface area (Å²) in [4.78, 5) is 12.3. The van der Waals surface area contributed by atoms with Crippen molar-refractivity contribution in [1.82, 2.24) is 5.32 Å². The van der Waals surface area contributed by atoms with Gasteiger partial charge in [-0.15, -0.1) is 0 Å². The predicted octanol–water partition coefficient (Wildman–Crippen LogP) is 9.48. The lowest BCUT2D eigenvalue weighted by molar-refractivity contribution is -0.131. The molecule has 0 spiro atoms. The molecule has 5 heteroatoms. The van der Waals surface area contributed by atoms with Gasteiger partial charge < -0.3 is 20.6 Å². The zero-order chi connectivity index (χ0) is 30.9. The van der Waals surface area contributed by atoms with E-state index < -0.39 is 24.2 Å². The van der Waals surface area contributed by atoms with Gasteiger partial charge in [-0.05, 0) is 44.9 Å². The molecule has 0 aliphatic heterocycles. The normalized spacial score (nSPS) is 14.1. The van der Waals surface area contributed by atoms with E-state index in [9.17, 15) is 20.1 Å². The van der Waals surface area contributed by atoms with Gasteiger partial charge in [-0.25, -0.2) is 0 Å². The fourth-order valence-electron chi connectivity index (χ4n) is 5.35. The summed E-state index contributed by atoms with van der Waals surface area (Å²) in [5.41, 5.74) is 0. The van der Waals surface area contributed by atoms with Crippen LogP contribution in [0.25, 0.3) is 0 Å². The molecule has 4 N–H and O–H groups in total. The number of aliphatic hydroxyl groups excluding tert-OH is 3. The van der Waals surface area contributed by atoms with Crippen LogP contribution in [0.4, 0.5) is 0 Å². The van der Waals surface area contributed by atoms with Gasteiger partial charge in [-0.2, -0.15) is 0 Å². The van der Waals surface area contributed by atoms with Gasteiger partial charge in [0.25, 0.3) is 0 Å². The van der Waals surface area contributed by atoms with Crippen molar-refractivity contribution >= 4 is 5.91 Å². The monoisotopic (exact) mass is 594 g/mol. The second-order valence-electron chi connectivity index (χ2n) is 12.4. The van der Waals surface area contributed by atoms with Crippen LogP contribution in [0.5, 0.6) is 0 Å². The van der Waals surface area contributed by atoms with Crippen molar-refractivity contribution in [2.45, 2.75) is 199 Å². The van der Waals surface area contributed by atoms with E-state index in [1.54, 1.807) is 6.08 Å². The maximum absolute atomic E-state index is 12.3. The van der Waals surface area contributed by atoms with Crippen LogP contribution in [0.3, 0.4) is 0 Å². The summed E-state index contributed by atoms with van der Waals surface area (Å²) in [5, 5.41) is 32.9. The molecule has 0 saturated heterocycles. The SMILES string of the molecule is CCCCC/C=C\CCCCCCC(O)C(=O)NC(CO)C(O)/C=C/CCCCCCCCCCCCCCCCC. The summed E-state index contributed by atoms with van der Waals surface area (Å²) >= 11 is 0. The van der Waals surface area contributed by atoms with Crippen molar-refractivity contribution in [2.75, 3.05) is 6.61 Å². The molecule has 0 aromatic carbocycles. The van der Waals surface area contributed by atoms with Crippen LogP contribution >= 0.6 is 0 Å². The van der Waals surface area contributed by atoms with Crippen molar-refractivity contribution in [2.24, 2.45) is 0 Å². The highest BCUT2D eigenvalue weighted by Crippen LogP contribution is 2.14. The molecule has 0 bridgehead atoms. The lowest BCUT2D eigenvalue weighted by Gasteiger charge is -2.21. The standard InChI is InChI=1S/C37H71NO4/c1-3-5-7-9-11-13-15-16-17-18-19-20-22-23-25-27-29-31-35(40)34(33-39)38-37(42)36(41)32-30-28-26-24-21-14-12-10-8-6-4-2/h12,14,29,31,34-36,39-41H,3-11,13,15-28,30,32-33H2,1-2H3,(H,38,42)/b14-12-,31-29+. The Morgan fingerprint density at radius 2 is 0.952 bits per heavy atom. The summed E-state index contributed by atoms with van der Waals surface area (Å²) in [6.07, 6.45) is 37.6. The molecule has 3 unspecified atom stereocenters. The van der Waals surface area contributed by atoms with Crippen LogP contribution in [0.15, 0.2) is 24.3 Å². The third-order valence-electron chi connectivity index (χ3n) is 8.29. The van der Waals surface area contributed by atoms with E-state index in [0.29, 0.717) is 6.42 Å². The number of carbonyl (C=O) groups is 1. The minimum absolute atomic E-state index is 0.366. The highest BCUT2D eigenvalue weighted by molar-refractivity contribution is 5.80. The third kappa shape index (κ3) is 27.7. The van der Waals surface area contributed by atoms with E-state index in [1.807, 2.05) is 6.08 Å². The van der Waals surface area contributed by atoms with Crippen LogP contribution in [-0.4, -0.2) is 46.1 Å². The summed E-state index contributed by atoms with van der Waals surface area (Å²) in [6, 6.07) is -0.798. The molecule has 0 aromatic heterocycles. The Hall–Kier alpha value is -1.17. The molecule has 0 saturated carbocycles. The first-order chi connectivity index (χ1) is 20.6. The molecule has 5 nitrogen and oxygen atoms in total. The molecule has 0 aliphatic rings. The Labute approximate surface area is 261 Å². The summed E-state index contributed by atoms with van der Waals surface area (Å²) < 4.78 is 0. The van der Waals surface area contributed by atoms with E-state index in [1.165, 1.54) is 116 Å². The summed E-state index contributed by atoms with van der Waals surface area (Å²) in [7, 11) is 0. The molecule has 0 radical (unpaired) electrons. The van der Waals surface area contributed by atoms with Crippen LogP contribution < -0.4 is 5.32 Å². The molecule has 42 heavy (non-hydrogen) atoms. The van der Waals surface area contributed by atoms with Crippen LogP contribution in [0, 0.1) is 0 Å². The topological polar surface area (TPSA) is 89.8 Å². The highest BCUT2D eigenvalue weighted by atomic mass is 16.3. The van der Waals surface area contributed by atoms with Crippen molar-refractivity contribution in [3.05, 3.63) is 24.3 Å². The minimum atomic E-state index is -1.10. The average Bonchev–Trinajstić information content (AvgIpc) is 2.99. The maximum atomic E-state index is 12.3. The van der Waals surface area contributed by atoms with Crippen molar-refractivity contribution < 1.29 is 20.1 Å². The number of amides is 1. The molecule has 0 aromatic rings. The zero-order valence-corrected chi connectivity index (χ0v) is 27.9. The predicted molar refractivity (Wildman–Crippen MR) is 181 cm³/mol. The van der Waals surface area contributed by atoms with Crippen molar-refractivity contribution in [3.63, 3.8) is 0 Å². The molecule has 1 amide bonds. The van der Waals surface area contributed by atoms with E-state index >= 15 is 0 Å². The van der Waals surface area contributed by atoms with E-state index in [-0.39, 0.29) is 6.61 Å². The van der Waals surface area contributed by atoms with Gasteiger partial charge >= 0.3 is 0 Å². The van der Waals surface area contributed by atoms with Crippen LogP contribution in [-0.2, 0) is 4.79 Å². The Morgan fingerprint density at radius 1 is 0.571 bits per heavy atom. The Morgan fingerprint density at radius 3 is 1.43 bits per heavy atom. The number of hydrogen-bond donors (Lipinski definition) is 4. The van der Waals surface area contributed by atoms with Gasteiger partial charge in [0.1, 0.15) is 6.10 Å². The maximum Gasteiger partial charge on any atom is 0.249 e.